The fourth-order valence-corrected chi connectivity index (χ4v) is 1.93. The van der Waals surface area contributed by atoms with E-state index >= 15 is 0 Å². The summed E-state index contributed by atoms with van der Waals surface area (Å²) in [6.45, 7) is 3.44. The molecule has 0 radical (unpaired) electrons. The minimum absolute atomic E-state index is 0.166. The predicted octanol–water partition coefficient (Wildman–Crippen LogP) is 1.92. The van der Waals surface area contributed by atoms with Gasteiger partial charge in [0, 0.05) is 12.1 Å². The van der Waals surface area contributed by atoms with Crippen LogP contribution in [0.15, 0.2) is 18.2 Å². The lowest BCUT2D eigenvalue weighted by Crippen LogP contribution is -2.34. The Kier molecular flexibility index (Phi) is 6.29. The zero-order chi connectivity index (χ0) is 14.3. The van der Waals surface area contributed by atoms with Crippen molar-refractivity contribution in [2.75, 3.05) is 20.2 Å². The van der Waals surface area contributed by atoms with Crippen molar-refractivity contribution in [2.24, 2.45) is 5.73 Å². The Balaban J connectivity index is 2.81. The highest BCUT2D eigenvalue weighted by molar-refractivity contribution is 5.75. The lowest BCUT2D eigenvalue weighted by molar-refractivity contribution is -0.119. The molecule has 0 saturated heterocycles. The summed E-state index contributed by atoms with van der Waals surface area (Å²) in [4.78, 5) is 13.0. The van der Waals surface area contributed by atoms with Crippen LogP contribution in [0.3, 0.4) is 0 Å². The molecule has 19 heavy (non-hydrogen) atoms. The molecule has 106 valence electrons. The molecule has 2 N–H and O–H groups in total. The summed E-state index contributed by atoms with van der Waals surface area (Å²) < 4.78 is 18.5. The maximum absolute atomic E-state index is 13.3. The molecular weight excluding hydrogens is 247 g/mol. The van der Waals surface area contributed by atoms with Gasteiger partial charge in [-0.25, -0.2) is 4.39 Å². The molecule has 5 heteroatoms. The Morgan fingerprint density at radius 1 is 1.47 bits per heavy atom. The molecule has 1 aromatic rings. The number of hydrogen-bond donors (Lipinski definition) is 1. The number of rotatable bonds is 8. The van der Waals surface area contributed by atoms with Crippen molar-refractivity contribution in [2.45, 2.75) is 26.3 Å². The second-order valence-corrected chi connectivity index (χ2v) is 4.49. The van der Waals surface area contributed by atoms with E-state index in [0.29, 0.717) is 12.3 Å². The third-order valence-electron chi connectivity index (χ3n) is 2.84. The normalized spacial score (nSPS) is 10.7. The minimum atomic E-state index is -0.383. The van der Waals surface area contributed by atoms with Crippen LogP contribution in [0.1, 0.15) is 25.3 Å². The van der Waals surface area contributed by atoms with E-state index in [1.807, 2.05) is 4.90 Å². The van der Waals surface area contributed by atoms with Crippen LogP contribution in [-0.4, -0.2) is 31.0 Å². The molecule has 0 aliphatic heterocycles. The second-order valence-electron chi connectivity index (χ2n) is 4.49. The predicted molar refractivity (Wildman–Crippen MR) is 72.3 cm³/mol. The largest absolute Gasteiger partial charge is 0.496 e. The summed E-state index contributed by atoms with van der Waals surface area (Å²) in [6, 6.07) is 4.37. The van der Waals surface area contributed by atoms with Gasteiger partial charge in [0.1, 0.15) is 11.6 Å². The fourth-order valence-electron chi connectivity index (χ4n) is 1.93. The Labute approximate surface area is 113 Å². The summed E-state index contributed by atoms with van der Waals surface area (Å²) in [5.74, 6) is -0.0795. The number of carbonyl (C=O) groups is 1. The fraction of sp³-hybridized carbons (Fsp3) is 0.500. The van der Waals surface area contributed by atoms with Gasteiger partial charge >= 0.3 is 0 Å². The first-order valence-electron chi connectivity index (χ1n) is 6.40. The first kappa shape index (κ1) is 15.4. The number of halogens is 1. The molecular formula is C14H21FN2O2. The van der Waals surface area contributed by atoms with E-state index in [-0.39, 0.29) is 18.3 Å². The van der Waals surface area contributed by atoms with Crippen molar-refractivity contribution in [3.05, 3.63) is 29.6 Å². The van der Waals surface area contributed by atoms with Gasteiger partial charge in [0.2, 0.25) is 5.91 Å². The summed E-state index contributed by atoms with van der Waals surface area (Å²) in [5.41, 5.74) is 5.96. The van der Waals surface area contributed by atoms with E-state index in [0.717, 1.165) is 24.9 Å². The van der Waals surface area contributed by atoms with Crippen LogP contribution in [0.25, 0.3) is 0 Å². The number of ether oxygens (including phenoxy) is 1. The molecule has 0 atom stereocenters. The number of amides is 1. The van der Waals surface area contributed by atoms with Crippen molar-refractivity contribution in [1.82, 2.24) is 4.90 Å². The van der Waals surface area contributed by atoms with Crippen molar-refractivity contribution < 1.29 is 13.9 Å². The number of benzene rings is 1. The highest BCUT2D eigenvalue weighted by atomic mass is 19.1. The molecule has 0 aliphatic rings. The Morgan fingerprint density at radius 2 is 2.21 bits per heavy atom. The number of methoxy groups -OCH3 is 1. The number of unbranched alkanes of at least 4 members (excludes halogenated alkanes) is 1. The van der Waals surface area contributed by atoms with Gasteiger partial charge in [0.15, 0.2) is 0 Å². The molecule has 0 saturated carbocycles. The lowest BCUT2D eigenvalue weighted by atomic mass is 10.1. The average molecular weight is 268 g/mol. The third-order valence-corrected chi connectivity index (χ3v) is 2.84. The zero-order valence-corrected chi connectivity index (χ0v) is 11.5. The zero-order valence-electron chi connectivity index (χ0n) is 11.5. The Morgan fingerprint density at radius 3 is 2.79 bits per heavy atom. The van der Waals surface area contributed by atoms with E-state index in [2.05, 4.69) is 6.92 Å². The van der Waals surface area contributed by atoms with Gasteiger partial charge in [-0.15, -0.1) is 0 Å². The van der Waals surface area contributed by atoms with Gasteiger partial charge < -0.3 is 10.5 Å². The maximum Gasteiger partial charge on any atom is 0.231 e. The topological polar surface area (TPSA) is 55.6 Å². The molecule has 1 rings (SSSR count). The highest BCUT2D eigenvalue weighted by Crippen LogP contribution is 2.21. The van der Waals surface area contributed by atoms with Crippen LogP contribution in [0, 0.1) is 5.82 Å². The smallest absolute Gasteiger partial charge is 0.231 e. The summed E-state index contributed by atoms with van der Waals surface area (Å²) in [7, 11) is 1.54. The first-order valence-corrected chi connectivity index (χ1v) is 6.40. The van der Waals surface area contributed by atoms with E-state index in [9.17, 15) is 9.18 Å². The molecule has 0 aliphatic carbocycles. The minimum Gasteiger partial charge on any atom is -0.496 e. The van der Waals surface area contributed by atoms with Gasteiger partial charge in [0.25, 0.3) is 0 Å². The molecule has 0 bridgehead atoms. The summed E-state index contributed by atoms with van der Waals surface area (Å²) >= 11 is 0. The number of hydrogen-bond acceptors (Lipinski definition) is 3. The van der Waals surface area contributed by atoms with Gasteiger partial charge in [-0.05, 0) is 31.2 Å². The van der Waals surface area contributed by atoms with Crippen LogP contribution in [0.2, 0.25) is 0 Å². The van der Waals surface area contributed by atoms with Gasteiger partial charge in [-0.2, -0.15) is 0 Å². The van der Waals surface area contributed by atoms with Crippen molar-refractivity contribution in [3.63, 3.8) is 0 Å². The molecule has 0 spiro atoms. The standard InChI is InChI=1S/C14H21FN2O2/c1-3-4-7-17(10-14(16)18)9-11-8-12(15)5-6-13(11)19-2/h5-6,8H,3-4,7,9-10H2,1-2H3,(H2,16,18). The SMILES string of the molecule is CCCCN(CC(N)=O)Cc1cc(F)ccc1OC. The number of nitrogens with two attached hydrogens (primary N) is 1. The van der Waals surface area contributed by atoms with E-state index in [4.69, 9.17) is 10.5 Å². The van der Waals surface area contributed by atoms with Gasteiger partial charge in [0.05, 0.1) is 13.7 Å². The van der Waals surface area contributed by atoms with Crippen LogP contribution in [-0.2, 0) is 11.3 Å². The van der Waals surface area contributed by atoms with Crippen molar-refractivity contribution >= 4 is 5.91 Å². The maximum atomic E-state index is 13.3. The van der Waals surface area contributed by atoms with Gasteiger partial charge in [-0.3, -0.25) is 9.69 Å². The van der Waals surface area contributed by atoms with Crippen molar-refractivity contribution in [3.8, 4) is 5.75 Å². The molecule has 0 heterocycles. The molecule has 1 aromatic carbocycles. The number of primary amides is 1. The van der Waals surface area contributed by atoms with Gasteiger partial charge in [-0.1, -0.05) is 13.3 Å². The average Bonchev–Trinajstić information content (AvgIpc) is 2.35. The second kappa shape index (κ2) is 7.74. The van der Waals surface area contributed by atoms with Crippen LogP contribution >= 0.6 is 0 Å². The third kappa shape index (κ3) is 5.26. The molecule has 0 aromatic heterocycles. The van der Waals surface area contributed by atoms with E-state index in [1.165, 1.54) is 12.1 Å². The van der Waals surface area contributed by atoms with Crippen LogP contribution in [0.5, 0.6) is 5.75 Å². The van der Waals surface area contributed by atoms with Crippen LogP contribution < -0.4 is 10.5 Å². The number of nitrogens with zero attached hydrogens (tertiary/aromatic N) is 1. The number of carbonyl (C=O) groups excluding carboxylic acids is 1. The van der Waals surface area contributed by atoms with Crippen LogP contribution in [0.4, 0.5) is 4.39 Å². The molecule has 0 fully saturated rings. The van der Waals surface area contributed by atoms with E-state index < -0.39 is 0 Å². The quantitative estimate of drug-likeness (QED) is 0.783. The molecule has 4 nitrogen and oxygen atoms in total. The first-order chi connectivity index (χ1) is 9.06. The Bertz CT molecular complexity index is 424. The van der Waals surface area contributed by atoms with Crippen molar-refractivity contribution in [1.29, 1.82) is 0 Å². The Hall–Kier alpha value is -1.62. The lowest BCUT2D eigenvalue weighted by Gasteiger charge is -2.21. The summed E-state index contributed by atoms with van der Waals surface area (Å²) in [5, 5.41) is 0. The summed E-state index contributed by atoms with van der Waals surface area (Å²) in [6.07, 6.45) is 1.99. The molecule has 0 unspecified atom stereocenters. The monoisotopic (exact) mass is 268 g/mol. The molecule has 1 amide bonds. The van der Waals surface area contributed by atoms with E-state index in [1.54, 1.807) is 13.2 Å². The highest BCUT2D eigenvalue weighted by Gasteiger charge is 2.12.